The zero-order chi connectivity index (χ0) is 43.5. The van der Waals surface area contributed by atoms with Gasteiger partial charge in [0.2, 0.25) is 0 Å². The van der Waals surface area contributed by atoms with E-state index >= 15 is 0 Å². The Morgan fingerprint density at radius 3 is 1.37 bits per heavy atom. The molecule has 0 amide bonds. The summed E-state index contributed by atoms with van der Waals surface area (Å²) in [6.07, 6.45) is 48.2. The summed E-state index contributed by atoms with van der Waals surface area (Å²) in [4.78, 5) is 37.0. The highest BCUT2D eigenvalue weighted by Crippen LogP contribution is 2.16. The Kier molecular flexibility index (Phi) is 40.9. The lowest BCUT2D eigenvalue weighted by atomic mass is 10.0. The number of allylic oxidation sites excluding steroid dienone is 4. The Hall–Kier alpha value is -2.19. The van der Waals surface area contributed by atoms with E-state index in [0.717, 1.165) is 32.1 Å². The van der Waals surface area contributed by atoms with Crippen LogP contribution in [0.3, 0.4) is 0 Å². The standard InChI is InChI=1S/C51H95NO7/c1-6-8-10-12-14-16-18-20-21-22-23-24-25-26-27-28-30-31-33-35-37-39-41-49(53)58-46-47(45-57-44-43-48(51(55)56)52(3,4)5)59-50(54)42-40-38-36-34-32-29-19-17-15-13-11-9-7-2/h29,32,36,38,47-48H,6-28,30-31,33-35,37,39-46H2,1-5H3/p+1/b32-29+,38-36+. The summed E-state index contributed by atoms with van der Waals surface area (Å²) in [5, 5.41) is 9.63. The average molecular weight is 835 g/mol. The van der Waals surface area contributed by atoms with Gasteiger partial charge < -0.3 is 23.8 Å². The van der Waals surface area contributed by atoms with Crippen molar-refractivity contribution < 1.29 is 38.2 Å². The van der Waals surface area contributed by atoms with Crippen molar-refractivity contribution in [1.29, 1.82) is 0 Å². The number of esters is 2. The van der Waals surface area contributed by atoms with Crippen molar-refractivity contribution in [2.24, 2.45) is 0 Å². The summed E-state index contributed by atoms with van der Waals surface area (Å²) in [6, 6.07) is -0.621. The number of hydrogen-bond acceptors (Lipinski definition) is 6. The lowest BCUT2D eigenvalue weighted by Crippen LogP contribution is -2.50. The van der Waals surface area contributed by atoms with Crippen LogP contribution >= 0.6 is 0 Å². The van der Waals surface area contributed by atoms with E-state index in [-0.39, 0.29) is 42.7 Å². The van der Waals surface area contributed by atoms with Gasteiger partial charge in [-0.3, -0.25) is 9.59 Å². The van der Waals surface area contributed by atoms with E-state index in [1.807, 2.05) is 27.2 Å². The van der Waals surface area contributed by atoms with Gasteiger partial charge in [0.25, 0.3) is 0 Å². The summed E-state index contributed by atoms with van der Waals surface area (Å²) >= 11 is 0. The second-order valence-electron chi connectivity index (χ2n) is 18.1. The van der Waals surface area contributed by atoms with E-state index in [0.29, 0.717) is 19.3 Å². The minimum Gasteiger partial charge on any atom is -0.477 e. The molecule has 2 atom stereocenters. The van der Waals surface area contributed by atoms with Crippen LogP contribution in [0, 0.1) is 0 Å². The summed E-state index contributed by atoms with van der Waals surface area (Å²) in [5.74, 6) is -1.54. The lowest BCUT2D eigenvalue weighted by molar-refractivity contribution is -0.887. The Morgan fingerprint density at radius 2 is 0.932 bits per heavy atom. The maximum atomic E-state index is 12.7. The zero-order valence-corrected chi connectivity index (χ0v) is 39.5. The van der Waals surface area contributed by atoms with Crippen molar-refractivity contribution in [3.05, 3.63) is 24.3 Å². The van der Waals surface area contributed by atoms with Crippen molar-refractivity contribution in [2.75, 3.05) is 41.0 Å². The molecule has 0 aromatic rings. The number of carbonyl (C=O) groups excluding carboxylic acids is 2. The number of carboxylic acids is 1. The predicted molar refractivity (Wildman–Crippen MR) is 248 cm³/mol. The molecular weight excluding hydrogens is 739 g/mol. The summed E-state index contributed by atoms with van der Waals surface area (Å²) < 4.78 is 17.3. The fourth-order valence-corrected chi connectivity index (χ4v) is 7.50. The molecule has 1 N–H and O–H groups in total. The van der Waals surface area contributed by atoms with Crippen LogP contribution in [-0.2, 0) is 28.6 Å². The van der Waals surface area contributed by atoms with Crippen molar-refractivity contribution in [3.63, 3.8) is 0 Å². The van der Waals surface area contributed by atoms with Crippen LogP contribution in [0.5, 0.6) is 0 Å². The molecule has 346 valence electrons. The molecule has 0 saturated heterocycles. The third kappa shape index (κ3) is 41.0. The molecule has 0 spiro atoms. The molecule has 8 nitrogen and oxygen atoms in total. The van der Waals surface area contributed by atoms with E-state index in [2.05, 4.69) is 32.1 Å². The van der Waals surface area contributed by atoms with Crippen LogP contribution in [0.1, 0.15) is 232 Å². The van der Waals surface area contributed by atoms with Gasteiger partial charge in [0.1, 0.15) is 6.61 Å². The van der Waals surface area contributed by atoms with Crippen molar-refractivity contribution in [3.8, 4) is 0 Å². The Bertz CT molecular complexity index is 1020. The minimum atomic E-state index is -0.880. The van der Waals surface area contributed by atoms with Crippen molar-refractivity contribution in [2.45, 2.75) is 244 Å². The number of nitrogens with zero attached hydrogens (tertiary/aromatic N) is 1. The van der Waals surface area contributed by atoms with Gasteiger partial charge in [-0.2, -0.15) is 0 Å². The van der Waals surface area contributed by atoms with Crippen molar-refractivity contribution in [1.82, 2.24) is 0 Å². The van der Waals surface area contributed by atoms with Gasteiger partial charge in [0, 0.05) is 19.3 Å². The molecule has 8 heteroatoms. The van der Waals surface area contributed by atoms with Gasteiger partial charge in [-0.25, -0.2) is 4.79 Å². The van der Waals surface area contributed by atoms with E-state index < -0.39 is 18.1 Å². The number of carbonyl (C=O) groups is 3. The van der Waals surface area contributed by atoms with Gasteiger partial charge in [-0.15, -0.1) is 0 Å². The first-order chi connectivity index (χ1) is 28.6. The minimum absolute atomic E-state index is 0.0428. The molecule has 0 bridgehead atoms. The molecule has 0 aliphatic rings. The number of aliphatic carboxylic acids is 1. The molecule has 0 fully saturated rings. The Balaban J connectivity index is 4.21. The predicted octanol–water partition coefficient (Wildman–Crippen LogP) is 14.0. The number of quaternary nitrogens is 1. The molecule has 0 radical (unpaired) electrons. The molecular formula is C51H96NO7+. The van der Waals surface area contributed by atoms with Gasteiger partial charge in [-0.1, -0.05) is 205 Å². The second-order valence-corrected chi connectivity index (χ2v) is 18.1. The Labute approximate surface area is 364 Å². The van der Waals surface area contributed by atoms with Crippen LogP contribution < -0.4 is 0 Å². The summed E-state index contributed by atoms with van der Waals surface area (Å²) in [5.41, 5.74) is 0. The maximum absolute atomic E-state index is 12.7. The monoisotopic (exact) mass is 835 g/mol. The summed E-state index contributed by atoms with van der Waals surface area (Å²) in [7, 11) is 5.52. The van der Waals surface area contributed by atoms with Crippen LogP contribution in [0.15, 0.2) is 24.3 Å². The molecule has 59 heavy (non-hydrogen) atoms. The number of unbranched alkanes of at least 4 members (excludes halogenated alkanes) is 27. The van der Waals surface area contributed by atoms with Gasteiger partial charge in [0.15, 0.2) is 12.1 Å². The van der Waals surface area contributed by atoms with Gasteiger partial charge >= 0.3 is 17.9 Å². The molecule has 0 heterocycles. The zero-order valence-electron chi connectivity index (χ0n) is 39.5. The fraction of sp³-hybridized carbons (Fsp3) is 0.863. The van der Waals surface area contributed by atoms with Crippen LogP contribution in [0.2, 0.25) is 0 Å². The van der Waals surface area contributed by atoms with E-state index in [4.69, 9.17) is 14.2 Å². The van der Waals surface area contributed by atoms with Crippen LogP contribution in [0.4, 0.5) is 0 Å². The van der Waals surface area contributed by atoms with Crippen LogP contribution in [0.25, 0.3) is 0 Å². The van der Waals surface area contributed by atoms with Gasteiger partial charge in [-0.05, 0) is 32.1 Å². The molecule has 0 aliphatic carbocycles. The maximum Gasteiger partial charge on any atom is 0.362 e. The molecule has 0 aromatic heterocycles. The van der Waals surface area contributed by atoms with E-state index in [1.54, 1.807) is 0 Å². The quantitative estimate of drug-likeness (QED) is 0.0282. The molecule has 2 unspecified atom stereocenters. The van der Waals surface area contributed by atoms with Gasteiger partial charge in [0.05, 0.1) is 34.4 Å². The molecule has 0 aromatic carbocycles. The second kappa shape index (κ2) is 42.5. The SMILES string of the molecule is CCCCCCCC/C=C/C/C=C/CCC(=O)OC(COCCC(C(=O)O)[N+](C)(C)C)COC(=O)CCCCCCCCCCCCCCCCCCCCCCCC. The largest absolute Gasteiger partial charge is 0.477 e. The highest BCUT2D eigenvalue weighted by atomic mass is 16.6. The smallest absolute Gasteiger partial charge is 0.362 e. The topological polar surface area (TPSA) is 99.1 Å². The summed E-state index contributed by atoms with van der Waals surface area (Å²) in [6.45, 7) is 4.70. The number of likely N-dealkylation sites (N-methyl/N-ethyl adjacent to an activating group) is 1. The number of rotatable bonds is 45. The number of ether oxygens (including phenoxy) is 3. The molecule has 0 saturated carbocycles. The number of carboxylic acid groups (broad SMARTS) is 1. The number of hydrogen-bond donors (Lipinski definition) is 1. The third-order valence-corrected chi connectivity index (χ3v) is 11.4. The average Bonchev–Trinajstić information content (AvgIpc) is 3.19. The third-order valence-electron chi connectivity index (χ3n) is 11.4. The lowest BCUT2D eigenvalue weighted by Gasteiger charge is -2.31. The first kappa shape index (κ1) is 56.8. The first-order valence-corrected chi connectivity index (χ1v) is 24.9. The Morgan fingerprint density at radius 1 is 0.508 bits per heavy atom. The van der Waals surface area contributed by atoms with Crippen LogP contribution in [-0.4, -0.2) is 80.6 Å². The highest BCUT2D eigenvalue weighted by molar-refractivity contribution is 5.72. The van der Waals surface area contributed by atoms with E-state index in [9.17, 15) is 19.5 Å². The highest BCUT2D eigenvalue weighted by Gasteiger charge is 2.31. The molecule has 0 rings (SSSR count). The van der Waals surface area contributed by atoms with Crippen molar-refractivity contribution >= 4 is 17.9 Å². The fourth-order valence-electron chi connectivity index (χ4n) is 7.50. The normalized spacial score (nSPS) is 13.0. The van der Waals surface area contributed by atoms with E-state index in [1.165, 1.54) is 161 Å². The first-order valence-electron chi connectivity index (χ1n) is 24.9. The molecule has 0 aliphatic heterocycles.